The van der Waals surface area contributed by atoms with Crippen LogP contribution < -0.4 is 11.1 Å². The highest BCUT2D eigenvalue weighted by Gasteiger charge is 2.69. The Morgan fingerprint density at radius 3 is 2.47 bits per heavy atom. The summed E-state index contributed by atoms with van der Waals surface area (Å²) in [5, 5.41) is 28.3. The molecule has 0 spiro atoms. The van der Waals surface area contributed by atoms with Gasteiger partial charge in [0.2, 0.25) is 11.7 Å². The first-order valence-corrected chi connectivity index (χ1v) is 11.8. The van der Waals surface area contributed by atoms with Gasteiger partial charge in [0, 0.05) is 12.0 Å². The third kappa shape index (κ3) is 3.42. The van der Waals surface area contributed by atoms with Gasteiger partial charge in [0.15, 0.2) is 34.7 Å². The number of aliphatic hydroxyl groups is 1. The van der Waals surface area contributed by atoms with Crippen molar-refractivity contribution in [1.29, 1.82) is 0 Å². The summed E-state index contributed by atoms with van der Waals surface area (Å²) in [6.45, 7) is 0. The molecule has 0 saturated heterocycles. The van der Waals surface area contributed by atoms with Gasteiger partial charge in [-0.2, -0.15) is 0 Å². The number of amides is 2. The van der Waals surface area contributed by atoms with E-state index in [-0.39, 0.29) is 29.9 Å². The minimum Gasteiger partial charge on any atom is -0.505 e. The fraction of sp³-hybridized carbons (Fsp3) is 0.400. The molecule has 2 amide bonds. The molecule has 0 radical (unpaired) electrons. The number of anilines is 1. The fourth-order valence-corrected chi connectivity index (χ4v) is 6.20. The van der Waals surface area contributed by atoms with E-state index in [0.717, 1.165) is 0 Å². The molecule has 3 aliphatic rings. The Balaban J connectivity index is 1.55. The molecule has 5 N–H and O–H groups in total. The van der Waals surface area contributed by atoms with E-state index in [9.17, 15) is 39.0 Å². The maximum Gasteiger partial charge on any atom is 0.294 e. The Kier molecular flexibility index (Phi) is 5.80. The number of carbonyl (C=O) groups excluding carboxylic acids is 6. The number of likely N-dealkylation sites (N-methyl/N-ethyl adjacent to an activating group) is 1. The number of nitrogens with two attached hydrogens (primary N) is 1. The Morgan fingerprint density at radius 2 is 1.87 bits per heavy atom. The number of hydrogen-bond acceptors (Lipinski definition) is 11. The highest BCUT2D eigenvalue weighted by Crippen LogP contribution is 2.51. The van der Waals surface area contributed by atoms with Crippen LogP contribution in [0.3, 0.4) is 0 Å². The quantitative estimate of drug-likeness (QED) is 0.284. The average Bonchev–Trinajstić information content (AvgIpc) is 3.38. The van der Waals surface area contributed by atoms with E-state index in [1.807, 2.05) is 0 Å². The van der Waals surface area contributed by atoms with Crippen LogP contribution in [0.25, 0.3) is 0 Å². The van der Waals surface area contributed by atoms with Crippen LogP contribution in [0.15, 0.2) is 28.9 Å². The molecular formula is C25H24N4O9. The van der Waals surface area contributed by atoms with Crippen molar-refractivity contribution in [3.63, 3.8) is 0 Å². The van der Waals surface area contributed by atoms with Crippen molar-refractivity contribution in [3.8, 4) is 5.75 Å². The lowest BCUT2D eigenvalue weighted by atomic mass is 9.52. The molecule has 2 saturated carbocycles. The molecular weight excluding hydrogens is 500 g/mol. The largest absolute Gasteiger partial charge is 0.505 e. The molecule has 13 heteroatoms. The van der Waals surface area contributed by atoms with E-state index in [1.54, 1.807) is 0 Å². The van der Waals surface area contributed by atoms with Gasteiger partial charge in [-0.15, -0.1) is 0 Å². The van der Waals surface area contributed by atoms with Crippen LogP contribution in [0.2, 0.25) is 0 Å². The maximum atomic E-state index is 13.8. The molecule has 38 heavy (non-hydrogen) atoms. The number of nitrogens with zero attached hydrogens (tertiary/aromatic N) is 2. The van der Waals surface area contributed by atoms with E-state index in [0.29, 0.717) is 5.56 Å². The predicted octanol–water partition coefficient (Wildman–Crippen LogP) is -0.893. The number of ketones is 4. The van der Waals surface area contributed by atoms with Crippen LogP contribution in [0.4, 0.5) is 5.69 Å². The first kappa shape index (κ1) is 25.4. The molecule has 6 atom stereocenters. The van der Waals surface area contributed by atoms with Crippen LogP contribution in [-0.4, -0.2) is 81.0 Å². The molecule has 0 bridgehead atoms. The molecule has 0 aliphatic heterocycles. The van der Waals surface area contributed by atoms with Crippen LogP contribution in [0.5, 0.6) is 5.75 Å². The van der Waals surface area contributed by atoms with Gasteiger partial charge in [-0.1, -0.05) is 11.2 Å². The van der Waals surface area contributed by atoms with E-state index in [4.69, 9.17) is 10.3 Å². The zero-order chi connectivity index (χ0) is 27.7. The Bertz CT molecular complexity index is 1420. The van der Waals surface area contributed by atoms with Crippen molar-refractivity contribution in [2.45, 2.75) is 24.5 Å². The van der Waals surface area contributed by atoms with Crippen molar-refractivity contribution < 1.29 is 43.5 Å². The van der Waals surface area contributed by atoms with Gasteiger partial charge < -0.3 is 25.8 Å². The summed E-state index contributed by atoms with van der Waals surface area (Å²) in [6.07, 6.45) is 1.33. The van der Waals surface area contributed by atoms with Crippen molar-refractivity contribution >= 4 is 40.6 Å². The number of rotatable bonds is 4. The molecule has 1 aromatic carbocycles. The first-order valence-electron chi connectivity index (χ1n) is 11.8. The smallest absolute Gasteiger partial charge is 0.294 e. The monoisotopic (exact) mass is 524 g/mol. The maximum absolute atomic E-state index is 13.8. The van der Waals surface area contributed by atoms with Gasteiger partial charge in [-0.3, -0.25) is 33.7 Å². The summed E-state index contributed by atoms with van der Waals surface area (Å²) in [5.41, 5.74) is 2.54. The topological polar surface area (TPSA) is 210 Å². The number of Topliss-reactive ketones (excluding diaryl/α,β-unsaturated/α-hetero) is 4. The van der Waals surface area contributed by atoms with Crippen LogP contribution >= 0.6 is 0 Å². The minimum absolute atomic E-state index is 0.0470. The number of phenols is 1. The summed E-state index contributed by atoms with van der Waals surface area (Å²) >= 11 is 0. The highest BCUT2D eigenvalue weighted by atomic mass is 16.5. The van der Waals surface area contributed by atoms with E-state index in [1.165, 1.54) is 43.4 Å². The summed E-state index contributed by atoms with van der Waals surface area (Å²) in [5.74, 6) is -12.3. The summed E-state index contributed by atoms with van der Waals surface area (Å²) < 4.78 is 4.78. The normalized spacial score (nSPS) is 30.5. The average molecular weight is 524 g/mol. The first-order chi connectivity index (χ1) is 17.9. The van der Waals surface area contributed by atoms with Crippen LogP contribution in [0, 0.1) is 23.7 Å². The number of carbonyl (C=O) groups is 6. The molecule has 3 aliphatic carbocycles. The van der Waals surface area contributed by atoms with Gasteiger partial charge in [0.1, 0.15) is 5.75 Å². The minimum atomic E-state index is -2.80. The van der Waals surface area contributed by atoms with Crippen LogP contribution in [-0.2, 0) is 25.6 Å². The van der Waals surface area contributed by atoms with Crippen molar-refractivity contribution in [1.82, 2.24) is 10.1 Å². The summed E-state index contributed by atoms with van der Waals surface area (Å²) in [4.78, 5) is 79.6. The van der Waals surface area contributed by atoms with Crippen molar-refractivity contribution in [2.24, 2.45) is 29.4 Å². The third-order valence-corrected chi connectivity index (χ3v) is 7.84. The second kappa shape index (κ2) is 8.67. The lowest BCUT2D eigenvalue weighted by Gasteiger charge is -2.52. The molecule has 2 aromatic rings. The zero-order valence-corrected chi connectivity index (χ0v) is 20.3. The van der Waals surface area contributed by atoms with Crippen molar-refractivity contribution in [2.75, 3.05) is 19.4 Å². The number of benzene rings is 1. The molecule has 5 rings (SSSR count). The van der Waals surface area contributed by atoms with E-state index in [2.05, 4.69) is 10.5 Å². The molecule has 3 unspecified atom stereocenters. The molecule has 198 valence electrons. The fourth-order valence-electron chi connectivity index (χ4n) is 6.20. The number of phenolic OH excluding ortho intramolecular Hbond substituents is 1. The number of fused-ring (bicyclic) bond motifs is 3. The lowest BCUT2D eigenvalue weighted by molar-refractivity contribution is -0.181. The molecule has 13 nitrogen and oxygen atoms in total. The van der Waals surface area contributed by atoms with Crippen LogP contribution in [0.1, 0.15) is 32.9 Å². The van der Waals surface area contributed by atoms with Gasteiger partial charge >= 0.3 is 0 Å². The molecule has 1 aromatic heterocycles. The van der Waals surface area contributed by atoms with Gasteiger partial charge in [0.25, 0.3) is 5.91 Å². The standard InChI is InChI=1S/C25H24N4O9/c1-29(2)17-11-8-10-7-9-3-4-12(28-24(36)13-5-6-27-38-13)18(30)14(9)19(31)15(10)21(33)25(11,37)22(34)16(20(17)32)23(26)35/h3-6,10-11,15-17,30,37H,7-8H2,1-2H3,(H2,26,35)(H,28,36)/t10-,11-,15?,16?,17?,25-/m0/s1. The SMILES string of the molecule is CN(C)C1C(=O)C(C(N)=O)C(=O)[C@@]2(O)C(=O)C3C(=O)c4c(ccc(NC(=O)c5ccno5)c4O)C[C@H]3C[C@@H]12. The Morgan fingerprint density at radius 1 is 1.16 bits per heavy atom. The molecule has 2 fully saturated rings. The number of hydrogen-bond donors (Lipinski definition) is 4. The second-order valence-electron chi connectivity index (χ2n) is 10.1. The zero-order valence-electron chi connectivity index (χ0n) is 20.3. The lowest BCUT2D eigenvalue weighted by Crippen LogP contribution is -2.74. The third-order valence-electron chi connectivity index (χ3n) is 7.84. The summed E-state index contributed by atoms with van der Waals surface area (Å²) in [6, 6.07) is 3.04. The number of nitrogens with one attached hydrogen (secondary N) is 1. The Labute approximate surface area is 214 Å². The number of aromatic hydroxyl groups is 1. The highest BCUT2D eigenvalue weighted by molar-refractivity contribution is 6.32. The van der Waals surface area contributed by atoms with Gasteiger partial charge in [-0.05, 0) is 44.5 Å². The number of aromatic nitrogens is 1. The van der Waals surface area contributed by atoms with Gasteiger partial charge in [-0.25, -0.2) is 0 Å². The predicted molar refractivity (Wildman–Crippen MR) is 126 cm³/mol. The summed E-state index contributed by atoms with van der Waals surface area (Å²) in [7, 11) is 3.03. The van der Waals surface area contributed by atoms with Crippen molar-refractivity contribution in [3.05, 3.63) is 41.3 Å². The Hall–Kier alpha value is -4.23. The number of primary amides is 1. The van der Waals surface area contributed by atoms with E-state index >= 15 is 0 Å². The van der Waals surface area contributed by atoms with E-state index < -0.39 is 76.0 Å². The second-order valence-corrected chi connectivity index (χ2v) is 10.1. The molecule has 1 heterocycles. The van der Waals surface area contributed by atoms with Gasteiger partial charge in [0.05, 0.1) is 29.4 Å².